The molecule has 1 aliphatic carbocycles. The van der Waals surface area contributed by atoms with Gasteiger partial charge in [-0.2, -0.15) is 0 Å². The predicted molar refractivity (Wildman–Crippen MR) is 88.4 cm³/mol. The molecule has 0 radical (unpaired) electrons. The molecule has 7 nitrogen and oxygen atoms in total. The normalized spacial score (nSPS) is 27.4. The van der Waals surface area contributed by atoms with E-state index in [-0.39, 0.29) is 36.7 Å². The summed E-state index contributed by atoms with van der Waals surface area (Å²) in [6.45, 7) is 4.88. The standard InChI is InChI=1S/C17H28N4O3/c1-11(2)15-9-21(20-19-15)8-7-13-5-6-14(16(10-22)24-13)18-17(23)12-3-4-12/h9,11-14,16,22H,3-8,10H2,1-2H3,(H,18,23)/t13-,14-,16+/m1/s1. The maximum atomic E-state index is 11.9. The number of aliphatic hydroxyl groups is 1. The molecular formula is C17H28N4O3. The number of ether oxygens (including phenoxy) is 1. The highest BCUT2D eigenvalue weighted by molar-refractivity contribution is 5.81. The van der Waals surface area contributed by atoms with Crippen LogP contribution in [0.15, 0.2) is 6.20 Å². The van der Waals surface area contributed by atoms with Crippen molar-refractivity contribution in [2.75, 3.05) is 6.61 Å². The number of aryl methyl sites for hydroxylation is 1. The second-order valence-corrected chi connectivity index (χ2v) is 7.30. The minimum atomic E-state index is -0.312. The van der Waals surface area contributed by atoms with E-state index < -0.39 is 0 Å². The Hall–Kier alpha value is -1.47. The van der Waals surface area contributed by atoms with Crippen molar-refractivity contribution in [3.05, 3.63) is 11.9 Å². The average molecular weight is 336 g/mol. The molecule has 2 aliphatic rings. The molecule has 0 unspecified atom stereocenters. The van der Waals surface area contributed by atoms with Crippen molar-refractivity contribution < 1.29 is 14.6 Å². The van der Waals surface area contributed by atoms with Gasteiger partial charge >= 0.3 is 0 Å². The largest absolute Gasteiger partial charge is 0.394 e. The minimum absolute atomic E-state index is 0.0626. The van der Waals surface area contributed by atoms with E-state index in [4.69, 9.17) is 4.74 Å². The predicted octanol–water partition coefficient (Wildman–Crippen LogP) is 1.23. The Kier molecular flexibility index (Phi) is 5.50. The van der Waals surface area contributed by atoms with Crippen molar-refractivity contribution in [3.8, 4) is 0 Å². The summed E-state index contributed by atoms with van der Waals surface area (Å²) in [5.74, 6) is 0.674. The third kappa shape index (κ3) is 4.33. The lowest BCUT2D eigenvalue weighted by Crippen LogP contribution is -2.51. The van der Waals surface area contributed by atoms with E-state index in [0.717, 1.165) is 44.3 Å². The second-order valence-electron chi connectivity index (χ2n) is 7.30. The number of hydrogen-bond donors (Lipinski definition) is 2. The zero-order chi connectivity index (χ0) is 17.1. The van der Waals surface area contributed by atoms with Crippen LogP contribution in [0.3, 0.4) is 0 Å². The molecule has 2 fully saturated rings. The summed E-state index contributed by atoms with van der Waals surface area (Å²) in [5, 5.41) is 20.9. The van der Waals surface area contributed by atoms with Crippen LogP contribution >= 0.6 is 0 Å². The lowest BCUT2D eigenvalue weighted by molar-refractivity contribution is -0.129. The summed E-state index contributed by atoms with van der Waals surface area (Å²) in [5.41, 5.74) is 0.996. The number of hydrogen-bond acceptors (Lipinski definition) is 5. The van der Waals surface area contributed by atoms with E-state index in [1.54, 1.807) is 0 Å². The Morgan fingerprint density at radius 3 is 2.83 bits per heavy atom. The summed E-state index contributed by atoms with van der Waals surface area (Å²) < 4.78 is 7.85. The first-order chi connectivity index (χ1) is 11.6. The van der Waals surface area contributed by atoms with Gasteiger partial charge in [0.1, 0.15) is 6.10 Å². The molecule has 134 valence electrons. The van der Waals surface area contributed by atoms with Crippen LogP contribution in [0.1, 0.15) is 57.6 Å². The van der Waals surface area contributed by atoms with Crippen molar-refractivity contribution in [2.24, 2.45) is 5.92 Å². The first-order valence-electron chi connectivity index (χ1n) is 9.03. The Balaban J connectivity index is 1.46. The van der Waals surface area contributed by atoms with Crippen molar-refractivity contribution in [2.45, 2.75) is 76.7 Å². The zero-order valence-electron chi connectivity index (χ0n) is 14.5. The highest BCUT2D eigenvalue weighted by Crippen LogP contribution is 2.30. The van der Waals surface area contributed by atoms with Crippen molar-refractivity contribution in [3.63, 3.8) is 0 Å². The van der Waals surface area contributed by atoms with E-state index in [9.17, 15) is 9.90 Å². The lowest BCUT2D eigenvalue weighted by atomic mass is 9.97. The number of carbonyl (C=O) groups is 1. The van der Waals surface area contributed by atoms with Gasteiger partial charge in [0.15, 0.2) is 0 Å². The van der Waals surface area contributed by atoms with Crippen LogP contribution in [0.2, 0.25) is 0 Å². The molecule has 0 bridgehead atoms. The average Bonchev–Trinajstić information content (AvgIpc) is 3.32. The van der Waals surface area contributed by atoms with Gasteiger partial charge in [0.2, 0.25) is 5.91 Å². The molecule has 1 saturated heterocycles. The van der Waals surface area contributed by atoms with Gasteiger partial charge in [0.05, 0.1) is 24.4 Å². The van der Waals surface area contributed by atoms with Gasteiger partial charge in [-0.3, -0.25) is 9.48 Å². The highest BCUT2D eigenvalue weighted by atomic mass is 16.5. The van der Waals surface area contributed by atoms with Crippen LogP contribution in [-0.4, -0.2) is 50.9 Å². The first-order valence-corrected chi connectivity index (χ1v) is 9.03. The number of rotatable bonds is 7. The fraction of sp³-hybridized carbons (Fsp3) is 0.824. The molecule has 0 spiro atoms. The Bertz CT molecular complexity index is 556. The molecule has 1 amide bonds. The molecule has 2 N–H and O–H groups in total. The second kappa shape index (κ2) is 7.61. The summed E-state index contributed by atoms with van der Waals surface area (Å²) >= 11 is 0. The van der Waals surface area contributed by atoms with Gasteiger partial charge in [-0.15, -0.1) is 5.10 Å². The number of aromatic nitrogens is 3. The molecule has 1 saturated carbocycles. The number of nitrogens with one attached hydrogen (secondary N) is 1. The topological polar surface area (TPSA) is 89.3 Å². The fourth-order valence-electron chi connectivity index (χ4n) is 3.12. The lowest BCUT2D eigenvalue weighted by Gasteiger charge is -2.36. The number of aliphatic hydroxyl groups excluding tert-OH is 1. The molecule has 2 heterocycles. The summed E-state index contributed by atoms with van der Waals surface area (Å²) in [7, 11) is 0. The van der Waals surface area contributed by atoms with Gasteiger partial charge in [0, 0.05) is 18.7 Å². The Labute approximate surface area is 142 Å². The van der Waals surface area contributed by atoms with Crippen LogP contribution in [0, 0.1) is 5.92 Å². The van der Waals surface area contributed by atoms with Crippen molar-refractivity contribution >= 4 is 5.91 Å². The minimum Gasteiger partial charge on any atom is -0.394 e. The van der Waals surface area contributed by atoms with Crippen molar-refractivity contribution in [1.82, 2.24) is 20.3 Å². The van der Waals surface area contributed by atoms with Crippen LogP contribution < -0.4 is 5.32 Å². The molecule has 24 heavy (non-hydrogen) atoms. The summed E-state index contributed by atoms with van der Waals surface area (Å²) in [6.07, 6.45) is 6.30. The number of carbonyl (C=O) groups excluding carboxylic acids is 1. The SMILES string of the molecule is CC(C)c1cn(CC[C@H]2CC[C@@H](NC(=O)C3CC3)[C@H](CO)O2)nn1. The molecule has 0 aromatic carbocycles. The monoisotopic (exact) mass is 336 g/mol. The zero-order valence-corrected chi connectivity index (χ0v) is 14.5. The van der Waals surface area contributed by atoms with E-state index in [1.165, 1.54) is 0 Å². The Morgan fingerprint density at radius 1 is 1.42 bits per heavy atom. The smallest absolute Gasteiger partial charge is 0.223 e. The van der Waals surface area contributed by atoms with Gasteiger partial charge in [-0.1, -0.05) is 19.1 Å². The summed E-state index contributed by atoms with van der Waals surface area (Å²) in [4.78, 5) is 11.9. The van der Waals surface area contributed by atoms with Crippen LogP contribution in [-0.2, 0) is 16.1 Å². The van der Waals surface area contributed by atoms with E-state index in [2.05, 4.69) is 29.5 Å². The van der Waals surface area contributed by atoms with Crippen molar-refractivity contribution in [1.29, 1.82) is 0 Å². The third-order valence-corrected chi connectivity index (χ3v) is 4.90. The first kappa shape index (κ1) is 17.4. The molecule has 1 aromatic heterocycles. The molecule has 3 rings (SSSR count). The van der Waals surface area contributed by atoms with Gasteiger partial charge < -0.3 is 15.2 Å². The van der Waals surface area contributed by atoms with Crippen LogP contribution in [0.4, 0.5) is 0 Å². The van der Waals surface area contributed by atoms with E-state index in [1.807, 2.05) is 10.9 Å². The maximum Gasteiger partial charge on any atom is 0.223 e. The van der Waals surface area contributed by atoms with E-state index in [0.29, 0.717) is 5.92 Å². The highest BCUT2D eigenvalue weighted by Gasteiger charge is 2.36. The van der Waals surface area contributed by atoms with Gasteiger partial charge in [0.25, 0.3) is 0 Å². The molecule has 3 atom stereocenters. The molecule has 7 heteroatoms. The maximum absolute atomic E-state index is 11.9. The van der Waals surface area contributed by atoms with Gasteiger partial charge in [-0.05, 0) is 38.0 Å². The van der Waals surface area contributed by atoms with E-state index >= 15 is 0 Å². The molecule has 1 aliphatic heterocycles. The summed E-state index contributed by atoms with van der Waals surface area (Å²) in [6, 6.07) is -0.0711. The van der Waals surface area contributed by atoms with Crippen LogP contribution in [0.5, 0.6) is 0 Å². The van der Waals surface area contributed by atoms with Crippen LogP contribution in [0.25, 0.3) is 0 Å². The quantitative estimate of drug-likeness (QED) is 0.782. The van der Waals surface area contributed by atoms with Gasteiger partial charge in [-0.25, -0.2) is 0 Å². The number of nitrogens with zero attached hydrogens (tertiary/aromatic N) is 3. The Morgan fingerprint density at radius 2 is 2.21 bits per heavy atom. The molecular weight excluding hydrogens is 308 g/mol. The molecule has 1 aromatic rings. The number of amides is 1. The fourth-order valence-corrected chi connectivity index (χ4v) is 3.12. The third-order valence-electron chi connectivity index (χ3n) is 4.90.